The lowest BCUT2D eigenvalue weighted by molar-refractivity contribution is -0.362. The first-order valence-electron chi connectivity index (χ1n) is 16.3. The lowest BCUT2D eigenvalue weighted by Gasteiger charge is -2.51. The van der Waals surface area contributed by atoms with E-state index in [2.05, 4.69) is 15.3 Å². The zero-order valence-corrected chi connectivity index (χ0v) is 28.4. The maximum absolute atomic E-state index is 12.5. The molecule has 274 valence electrons. The summed E-state index contributed by atoms with van der Waals surface area (Å²) in [4.78, 5) is 52.7. The van der Waals surface area contributed by atoms with E-state index in [0.29, 0.717) is 5.56 Å². The molecule has 5 rings (SSSR count). The third-order valence-corrected chi connectivity index (χ3v) is 8.15. The lowest BCUT2D eigenvalue weighted by Crippen LogP contribution is -2.69. The van der Waals surface area contributed by atoms with Crippen molar-refractivity contribution in [1.82, 2.24) is 5.32 Å². The van der Waals surface area contributed by atoms with Gasteiger partial charge in [-0.3, -0.25) is 19.2 Å². The minimum atomic E-state index is -1.55. The number of carbonyl (C=O) groups excluding carboxylic acids is 4. The van der Waals surface area contributed by atoms with Crippen LogP contribution in [0.5, 0.6) is 0 Å². The topological polar surface area (TPSA) is 212 Å². The maximum atomic E-state index is 12.5. The van der Waals surface area contributed by atoms with Crippen LogP contribution in [-0.4, -0.2) is 98.3 Å². The van der Waals surface area contributed by atoms with Gasteiger partial charge in [0.15, 0.2) is 37.1 Å². The van der Waals surface area contributed by atoms with Crippen molar-refractivity contribution in [3.05, 3.63) is 82.2 Å². The van der Waals surface area contributed by atoms with Crippen molar-refractivity contribution in [1.29, 1.82) is 0 Å². The minimum Gasteiger partial charge on any atom is -0.456 e. The van der Waals surface area contributed by atoms with Crippen LogP contribution in [0.3, 0.4) is 0 Å². The molecule has 11 atom stereocenters. The highest BCUT2D eigenvalue weighted by molar-refractivity contribution is 5.73. The molecule has 0 radical (unpaired) electrons. The van der Waals surface area contributed by atoms with Crippen molar-refractivity contribution >= 4 is 23.8 Å². The molecule has 2 aromatic carbocycles. The molecular weight excluding hydrogens is 672 g/mol. The van der Waals surface area contributed by atoms with Crippen molar-refractivity contribution in [2.75, 3.05) is 13.2 Å². The van der Waals surface area contributed by atoms with Crippen LogP contribution in [-0.2, 0) is 68.4 Å². The van der Waals surface area contributed by atoms with E-state index in [4.69, 9.17) is 42.6 Å². The zero-order valence-electron chi connectivity index (χ0n) is 28.4. The summed E-state index contributed by atoms with van der Waals surface area (Å²) in [5, 5.41) is 6.48. The Morgan fingerprint density at radius 3 is 2.08 bits per heavy atom. The van der Waals surface area contributed by atoms with Gasteiger partial charge in [-0.25, -0.2) is 0 Å². The summed E-state index contributed by atoms with van der Waals surface area (Å²) < 4.78 is 54.2. The molecule has 1 amide bonds. The Morgan fingerprint density at radius 2 is 1.45 bits per heavy atom. The van der Waals surface area contributed by atoms with Gasteiger partial charge in [0.05, 0.1) is 25.9 Å². The second-order valence-corrected chi connectivity index (χ2v) is 12.0. The third kappa shape index (κ3) is 9.80. The number of ether oxygens (including phenoxy) is 9. The first-order chi connectivity index (χ1) is 24.5. The predicted molar refractivity (Wildman–Crippen MR) is 172 cm³/mol. The summed E-state index contributed by atoms with van der Waals surface area (Å²) >= 11 is 0. The van der Waals surface area contributed by atoms with E-state index in [-0.39, 0.29) is 19.8 Å². The first kappa shape index (κ1) is 37.6. The standard InChI is InChI=1S/C34H40N4O13/c1-18(39)36-26-29(27-25(48-32(26)37-38-35)17-44-33(50-27)23-13-9-6-10-14-23)51-34-31(47-21(4)42)30(46-20(3)41)28(45-19(2)40)24(49-34)16-43-15-22-11-7-5-8-12-22/h5-14,24-34H,15-17H2,1-4H3,(H,36,39)/t24-,25-,26-,27-,28+,29-,30+,31-,32-,33?,34+/m1/s1. The quantitative estimate of drug-likeness (QED) is 0.110. The van der Waals surface area contributed by atoms with Crippen LogP contribution in [0.2, 0.25) is 0 Å². The van der Waals surface area contributed by atoms with Gasteiger partial charge in [-0.2, -0.15) is 0 Å². The van der Waals surface area contributed by atoms with E-state index in [9.17, 15) is 24.7 Å². The van der Waals surface area contributed by atoms with Crippen molar-refractivity contribution in [3.63, 3.8) is 0 Å². The van der Waals surface area contributed by atoms with Gasteiger partial charge in [0.2, 0.25) is 5.91 Å². The van der Waals surface area contributed by atoms with Gasteiger partial charge in [-0.15, -0.1) is 0 Å². The molecule has 0 saturated carbocycles. The third-order valence-electron chi connectivity index (χ3n) is 8.15. The lowest BCUT2D eigenvalue weighted by atomic mass is 9.93. The number of nitrogens with zero attached hydrogens (tertiary/aromatic N) is 3. The summed E-state index contributed by atoms with van der Waals surface area (Å²) in [5.74, 6) is -2.81. The molecule has 17 nitrogen and oxygen atoms in total. The molecule has 2 aromatic rings. The molecular formula is C34H40N4O13. The number of rotatable bonds is 12. The summed E-state index contributed by atoms with van der Waals surface area (Å²) in [5.41, 5.74) is 10.9. The number of esters is 3. The van der Waals surface area contributed by atoms with Gasteiger partial charge in [0.25, 0.3) is 0 Å². The van der Waals surface area contributed by atoms with Gasteiger partial charge >= 0.3 is 17.9 Å². The fourth-order valence-electron chi connectivity index (χ4n) is 6.19. The highest BCUT2D eigenvalue weighted by atomic mass is 16.8. The molecule has 1 N–H and O–H groups in total. The normalized spacial score (nSPS) is 31.6. The Labute approximate surface area is 293 Å². The number of hydrogen-bond donors (Lipinski definition) is 1. The van der Waals surface area contributed by atoms with Crippen LogP contribution in [0.15, 0.2) is 65.8 Å². The predicted octanol–water partition coefficient (Wildman–Crippen LogP) is 2.76. The van der Waals surface area contributed by atoms with Crippen LogP contribution >= 0.6 is 0 Å². The fourth-order valence-corrected chi connectivity index (χ4v) is 6.19. The maximum Gasteiger partial charge on any atom is 0.303 e. The minimum absolute atomic E-state index is 0.0201. The number of hydrogen-bond acceptors (Lipinski definition) is 14. The summed E-state index contributed by atoms with van der Waals surface area (Å²) in [6.07, 6.45) is -12.2. The number of carbonyl (C=O) groups is 4. The van der Waals surface area contributed by atoms with Gasteiger partial charge in [0.1, 0.15) is 24.4 Å². The Morgan fingerprint density at radius 1 is 0.824 bits per heavy atom. The van der Waals surface area contributed by atoms with Crippen molar-refractivity contribution in [3.8, 4) is 0 Å². The largest absolute Gasteiger partial charge is 0.456 e. The van der Waals surface area contributed by atoms with Gasteiger partial charge in [-0.1, -0.05) is 65.8 Å². The van der Waals surface area contributed by atoms with Crippen LogP contribution in [0.1, 0.15) is 45.1 Å². The van der Waals surface area contributed by atoms with E-state index in [0.717, 1.165) is 26.3 Å². The summed E-state index contributed by atoms with van der Waals surface area (Å²) in [6, 6.07) is 17.2. The number of azide groups is 1. The Bertz CT molecular complexity index is 1560. The molecule has 0 bridgehead atoms. The van der Waals surface area contributed by atoms with E-state index in [1.165, 1.54) is 6.92 Å². The van der Waals surface area contributed by atoms with Gasteiger partial charge in [0, 0.05) is 38.2 Å². The van der Waals surface area contributed by atoms with E-state index >= 15 is 0 Å². The van der Waals surface area contributed by atoms with Gasteiger partial charge in [-0.05, 0) is 11.1 Å². The number of nitrogens with one attached hydrogen (secondary N) is 1. The smallest absolute Gasteiger partial charge is 0.303 e. The van der Waals surface area contributed by atoms with E-state index in [1.807, 2.05) is 48.5 Å². The molecule has 3 aliphatic rings. The van der Waals surface area contributed by atoms with Crippen LogP contribution in [0.4, 0.5) is 0 Å². The van der Waals surface area contributed by atoms with Gasteiger partial charge < -0.3 is 47.9 Å². The second kappa shape index (κ2) is 17.5. The van der Waals surface area contributed by atoms with Crippen LogP contribution in [0.25, 0.3) is 10.4 Å². The number of fused-ring (bicyclic) bond motifs is 1. The molecule has 3 aliphatic heterocycles. The highest BCUT2D eigenvalue weighted by Crippen LogP contribution is 2.38. The Hall–Kier alpha value is -4.61. The Balaban J connectivity index is 1.53. The molecule has 3 saturated heterocycles. The van der Waals surface area contributed by atoms with Crippen LogP contribution in [0, 0.1) is 0 Å². The van der Waals surface area contributed by atoms with Crippen molar-refractivity contribution < 1.29 is 61.8 Å². The monoisotopic (exact) mass is 712 g/mol. The fraction of sp³-hybridized carbons (Fsp3) is 0.529. The summed E-state index contributed by atoms with van der Waals surface area (Å²) in [7, 11) is 0. The molecule has 17 heteroatoms. The number of amides is 1. The average Bonchev–Trinajstić information content (AvgIpc) is 3.09. The molecule has 0 aromatic heterocycles. The molecule has 3 heterocycles. The summed E-state index contributed by atoms with van der Waals surface area (Å²) in [6.45, 7) is 4.64. The Kier molecular flexibility index (Phi) is 13.0. The first-order valence-corrected chi connectivity index (χ1v) is 16.3. The average molecular weight is 713 g/mol. The van der Waals surface area contributed by atoms with E-state index in [1.54, 1.807) is 12.1 Å². The second-order valence-electron chi connectivity index (χ2n) is 12.0. The zero-order chi connectivity index (χ0) is 36.5. The molecule has 1 unspecified atom stereocenters. The highest BCUT2D eigenvalue weighted by Gasteiger charge is 2.57. The van der Waals surface area contributed by atoms with Crippen molar-refractivity contribution in [2.45, 2.75) is 102 Å². The number of benzene rings is 2. The molecule has 51 heavy (non-hydrogen) atoms. The molecule has 0 spiro atoms. The van der Waals surface area contributed by atoms with Crippen LogP contribution < -0.4 is 5.32 Å². The van der Waals surface area contributed by atoms with Crippen molar-refractivity contribution in [2.24, 2.45) is 5.11 Å². The molecule has 0 aliphatic carbocycles. The SMILES string of the molecule is CC(=O)N[C@@H]1[C@@H](O[C@@H]2O[C@H](COCc3ccccc3)[C@H](OC(C)=O)[C@H](OC(C)=O)[C@H]2OC(C)=O)[C@@H]2OC(c3ccccc3)OC[C@H]2O[C@H]1N=[N+]=[N-]. The molecule has 3 fully saturated rings. The van der Waals surface area contributed by atoms with E-state index < -0.39 is 91.4 Å².